The largest absolute Gasteiger partial charge is 0.368 e. The third kappa shape index (κ3) is 4.25. The summed E-state index contributed by atoms with van der Waals surface area (Å²) >= 11 is 0. The summed E-state index contributed by atoms with van der Waals surface area (Å²) in [6, 6.07) is 4.32. The second-order valence-electron chi connectivity index (χ2n) is 8.79. The number of carbonyl (C=O) groups excluding carboxylic acids is 2. The topological polar surface area (TPSA) is 56.8 Å². The Kier molecular flexibility index (Phi) is 5.45. The molecule has 3 heterocycles. The van der Waals surface area contributed by atoms with Gasteiger partial charge in [0, 0.05) is 56.4 Å². The fraction of sp³-hybridized carbons (Fsp3) is 0.667. The molecule has 0 bridgehead atoms. The van der Waals surface area contributed by atoms with Crippen LogP contribution in [0.1, 0.15) is 58.0 Å². The van der Waals surface area contributed by atoms with E-state index in [9.17, 15) is 9.59 Å². The highest BCUT2D eigenvalue weighted by molar-refractivity contribution is 5.82. The van der Waals surface area contributed by atoms with Gasteiger partial charge in [0.1, 0.15) is 0 Å². The van der Waals surface area contributed by atoms with Gasteiger partial charge < -0.3 is 14.7 Å². The SMILES string of the molecule is CC(=O)N1CCN(c2cc(C)nc([C@@H]3CCCN3C(=O)C(C)(C)C)c2)CC1. The van der Waals surface area contributed by atoms with Crippen LogP contribution in [-0.2, 0) is 9.59 Å². The predicted molar refractivity (Wildman–Crippen MR) is 107 cm³/mol. The van der Waals surface area contributed by atoms with E-state index < -0.39 is 0 Å². The number of carbonyl (C=O) groups is 2. The van der Waals surface area contributed by atoms with Crippen molar-refractivity contribution in [3.63, 3.8) is 0 Å². The van der Waals surface area contributed by atoms with Gasteiger partial charge in [-0.25, -0.2) is 0 Å². The molecule has 0 aliphatic carbocycles. The first-order valence-corrected chi connectivity index (χ1v) is 9.97. The highest BCUT2D eigenvalue weighted by Crippen LogP contribution is 2.36. The molecule has 0 unspecified atom stereocenters. The molecule has 2 fully saturated rings. The lowest BCUT2D eigenvalue weighted by Crippen LogP contribution is -2.48. The smallest absolute Gasteiger partial charge is 0.228 e. The van der Waals surface area contributed by atoms with E-state index in [-0.39, 0.29) is 23.3 Å². The molecule has 27 heavy (non-hydrogen) atoms. The lowest BCUT2D eigenvalue weighted by molar-refractivity contribution is -0.140. The van der Waals surface area contributed by atoms with E-state index >= 15 is 0 Å². The molecule has 1 atom stereocenters. The van der Waals surface area contributed by atoms with E-state index in [1.807, 2.05) is 37.5 Å². The van der Waals surface area contributed by atoms with E-state index in [1.165, 1.54) is 0 Å². The number of aromatic nitrogens is 1. The zero-order valence-corrected chi connectivity index (χ0v) is 17.3. The molecule has 3 rings (SSSR count). The van der Waals surface area contributed by atoms with Gasteiger partial charge in [0.15, 0.2) is 0 Å². The fourth-order valence-electron chi connectivity index (χ4n) is 4.06. The highest BCUT2D eigenvalue weighted by Gasteiger charge is 2.36. The van der Waals surface area contributed by atoms with Gasteiger partial charge in [0.25, 0.3) is 0 Å². The van der Waals surface area contributed by atoms with Gasteiger partial charge in [0.05, 0.1) is 11.7 Å². The van der Waals surface area contributed by atoms with Gasteiger partial charge in [-0.2, -0.15) is 0 Å². The summed E-state index contributed by atoms with van der Waals surface area (Å²) in [4.78, 5) is 35.5. The summed E-state index contributed by atoms with van der Waals surface area (Å²) in [7, 11) is 0. The van der Waals surface area contributed by atoms with E-state index in [1.54, 1.807) is 6.92 Å². The summed E-state index contributed by atoms with van der Waals surface area (Å²) in [5.74, 6) is 0.341. The Hall–Kier alpha value is -2.11. The predicted octanol–water partition coefficient (Wildman–Crippen LogP) is 2.77. The zero-order chi connectivity index (χ0) is 19.8. The molecule has 0 aromatic carbocycles. The summed E-state index contributed by atoms with van der Waals surface area (Å²) < 4.78 is 0. The highest BCUT2D eigenvalue weighted by atomic mass is 16.2. The number of pyridine rings is 1. The maximum atomic E-state index is 12.9. The normalized spacial score (nSPS) is 20.9. The van der Waals surface area contributed by atoms with Crippen LogP contribution in [0, 0.1) is 12.3 Å². The third-order valence-electron chi connectivity index (χ3n) is 5.54. The Labute approximate surface area is 162 Å². The minimum Gasteiger partial charge on any atom is -0.368 e. The zero-order valence-electron chi connectivity index (χ0n) is 17.3. The molecule has 0 radical (unpaired) electrons. The maximum absolute atomic E-state index is 12.9. The van der Waals surface area contributed by atoms with Crippen molar-refractivity contribution in [2.24, 2.45) is 5.41 Å². The van der Waals surface area contributed by atoms with E-state index in [0.717, 1.165) is 62.6 Å². The molecular formula is C21H32N4O2. The van der Waals surface area contributed by atoms with Crippen molar-refractivity contribution in [3.05, 3.63) is 23.5 Å². The Balaban J connectivity index is 1.81. The number of likely N-dealkylation sites (tertiary alicyclic amines) is 1. The lowest BCUT2D eigenvalue weighted by atomic mass is 9.94. The van der Waals surface area contributed by atoms with Gasteiger partial charge in [-0.1, -0.05) is 20.8 Å². The number of rotatable bonds is 2. The van der Waals surface area contributed by atoms with Crippen LogP contribution in [-0.4, -0.2) is 59.3 Å². The van der Waals surface area contributed by atoms with Crippen molar-refractivity contribution in [2.45, 2.75) is 53.5 Å². The van der Waals surface area contributed by atoms with E-state index in [4.69, 9.17) is 4.98 Å². The molecule has 1 aromatic heterocycles. The van der Waals surface area contributed by atoms with Crippen molar-refractivity contribution in [3.8, 4) is 0 Å². The second kappa shape index (κ2) is 7.49. The van der Waals surface area contributed by atoms with Gasteiger partial charge in [-0.3, -0.25) is 14.6 Å². The van der Waals surface area contributed by atoms with Crippen LogP contribution >= 0.6 is 0 Å². The first-order chi connectivity index (χ1) is 12.7. The van der Waals surface area contributed by atoms with Crippen LogP contribution < -0.4 is 4.90 Å². The molecule has 1 aromatic rings. The molecule has 2 aliphatic heterocycles. The van der Waals surface area contributed by atoms with Crippen LogP contribution in [0.5, 0.6) is 0 Å². The average molecular weight is 373 g/mol. The van der Waals surface area contributed by atoms with Crippen molar-refractivity contribution in [1.82, 2.24) is 14.8 Å². The molecular weight excluding hydrogens is 340 g/mol. The molecule has 0 saturated carbocycles. The number of amides is 2. The Morgan fingerprint density at radius 2 is 1.74 bits per heavy atom. The van der Waals surface area contributed by atoms with Crippen LogP contribution in [0.4, 0.5) is 5.69 Å². The fourth-order valence-corrected chi connectivity index (χ4v) is 4.06. The molecule has 2 saturated heterocycles. The van der Waals surface area contributed by atoms with Crippen LogP contribution in [0.15, 0.2) is 12.1 Å². The Morgan fingerprint density at radius 1 is 1.07 bits per heavy atom. The summed E-state index contributed by atoms with van der Waals surface area (Å²) in [5, 5.41) is 0. The van der Waals surface area contributed by atoms with Gasteiger partial charge >= 0.3 is 0 Å². The summed E-state index contributed by atoms with van der Waals surface area (Å²) in [6.07, 6.45) is 1.99. The van der Waals surface area contributed by atoms with Crippen LogP contribution in [0.25, 0.3) is 0 Å². The molecule has 2 aliphatic rings. The quantitative estimate of drug-likeness (QED) is 0.801. The van der Waals surface area contributed by atoms with E-state index in [0.29, 0.717) is 0 Å². The molecule has 0 spiro atoms. The Bertz CT molecular complexity index is 717. The van der Waals surface area contributed by atoms with Crippen molar-refractivity contribution in [1.29, 1.82) is 0 Å². The maximum Gasteiger partial charge on any atom is 0.228 e. The van der Waals surface area contributed by atoms with Crippen molar-refractivity contribution < 1.29 is 9.59 Å². The molecule has 2 amide bonds. The molecule has 6 heteroatoms. The number of piperazine rings is 1. The Morgan fingerprint density at radius 3 is 2.33 bits per heavy atom. The molecule has 148 valence electrons. The number of anilines is 1. The summed E-state index contributed by atoms with van der Waals surface area (Å²) in [5.41, 5.74) is 2.74. The number of aryl methyl sites for hydroxylation is 1. The van der Waals surface area contributed by atoms with Crippen LogP contribution in [0.3, 0.4) is 0 Å². The number of hydrogen-bond acceptors (Lipinski definition) is 4. The molecule has 6 nitrogen and oxygen atoms in total. The van der Waals surface area contributed by atoms with Crippen molar-refractivity contribution >= 4 is 17.5 Å². The number of nitrogens with zero attached hydrogens (tertiary/aromatic N) is 4. The van der Waals surface area contributed by atoms with Gasteiger partial charge in [0.2, 0.25) is 11.8 Å². The minimum atomic E-state index is -0.377. The lowest BCUT2D eigenvalue weighted by Gasteiger charge is -2.36. The first-order valence-electron chi connectivity index (χ1n) is 9.97. The molecule has 0 N–H and O–H groups in total. The monoisotopic (exact) mass is 372 g/mol. The standard InChI is InChI=1S/C21H32N4O2/c1-15-13-17(24-11-9-23(10-12-24)16(2)26)14-18(22-15)19-7-6-8-25(19)20(27)21(3,4)5/h13-14,19H,6-12H2,1-5H3/t19-/m0/s1. The average Bonchev–Trinajstić information content (AvgIpc) is 3.09. The first kappa shape index (κ1) is 19.6. The van der Waals surface area contributed by atoms with E-state index in [2.05, 4.69) is 17.0 Å². The van der Waals surface area contributed by atoms with Crippen LogP contribution in [0.2, 0.25) is 0 Å². The van der Waals surface area contributed by atoms with Gasteiger partial charge in [-0.15, -0.1) is 0 Å². The van der Waals surface area contributed by atoms with Crippen molar-refractivity contribution in [2.75, 3.05) is 37.6 Å². The summed E-state index contributed by atoms with van der Waals surface area (Å²) in [6.45, 7) is 13.6. The second-order valence-corrected chi connectivity index (χ2v) is 8.79. The minimum absolute atomic E-state index is 0.0638. The van der Waals surface area contributed by atoms with Gasteiger partial charge in [-0.05, 0) is 31.9 Å². The number of hydrogen-bond donors (Lipinski definition) is 0. The third-order valence-corrected chi connectivity index (χ3v) is 5.54.